The maximum absolute atomic E-state index is 11.2. The third-order valence-corrected chi connectivity index (χ3v) is 2.72. The highest BCUT2D eigenvalue weighted by Crippen LogP contribution is 2.22. The zero-order chi connectivity index (χ0) is 10.7. The summed E-state index contributed by atoms with van der Waals surface area (Å²) < 4.78 is 0. The first kappa shape index (κ1) is 11.1. The number of nitrogens with zero attached hydrogens (tertiary/aromatic N) is 2. The quantitative estimate of drug-likeness (QED) is 0.785. The van der Waals surface area contributed by atoms with Gasteiger partial charge in [-0.2, -0.15) is 0 Å². The molecule has 0 aliphatic rings. The van der Waals surface area contributed by atoms with E-state index in [1.54, 1.807) is 6.92 Å². The summed E-state index contributed by atoms with van der Waals surface area (Å²) in [5, 5.41) is 11.8. The third-order valence-electron chi connectivity index (χ3n) is 1.58. The van der Waals surface area contributed by atoms with Crippen LogP contribution in [0.25, 0.3) is 0 Å². The number of nitrogens with two attached hydrogens (primary N) is 1. The van der Waals surface area contributed by atoms with Crippen molar-refractivity contribution >= 4 is 22.4 Å². The SMILES string of the molecule is CC(C)c1nnc(NC(=O)[C@@H](C)N)s1. The number of nitrogens with one attached hydrogen (secondary N) is 1. The number of hydrogen-bond acceptors (Lipinski definition) is 5. The number of hydrogen-bond donors (Lipinski definition) is 2. The molecule has 3 N–H and O–H groups in total. The summed E-state index contributed by atoms with van der Waals surface area (Å²) in [5.74, 6) is 0.0879. The zero-order valence-corrected chi connectivity index (χ0v) is 9.26. The summed E-state index contributed by atoms with van der Waals surface area (Å²) in [5.41, 5.74) is 5.39. The standard InChI is InChI=1S/C8H14N4OS/c1-4(2)7-11-12-8(14-7)10-6(13)5(3)9/h4-5H,9H2,1-3H3,(H,10,12,13)/t5-/m1/s1. The van der Waals surface area contributed by atoms with E-state index < -0.39 is 6.04 Å². The van der Waals surface area contributed by atoms with Crippen LogP contribution in [0.15, 0.2) is 0 Å². The van der Waals surface area contributed by atoms with Gasteiger partial charge < -0.3 is 5.73 Å². The largest absolute Gasteiger partial charge is 0.320 e. The van der Waals surface area contributed by atoms with E-state index in [-0.39, 0.29) is 5.91 Å². The van der Waals surface area contributed by atoms with Crippen molar-refractivity contribution in [1.82, 2.24) is 10.2 Å². The molecule has 78 valence electrons. The number of rotatable bonds is 3. The first-order valence-corrected chi connectivity index (χ1v) is 5.22. The minimum atomic E-state index is -0.526. The van der Waals surface area contributed by atoms with Crippen molar-refractivity contribution in [3.63, 3.8) is 0 Å². The molecule has 0 aromatic carbocycles. The highest BCUT2D eigenvalue weighted by Gasteiger charge is 2.12. The topological polar surface area (TPSA) is 80.9 Å². The molecule has 1 atom stereocenters. The summed E-state index contributed by atoms with van der Waals surface area (Å²) in [6, 6.07) is -0.526. The molecule has 0 aliphatic carbocycles. The normalized spacial score (nSPS) is 12.9. The molecule has 0 spiro atoms. The Morgan fingerprint density at radius 2 is 2.07 bits per heavy atom. The summed E-state index contributed by atoms with van der Waals surface area (Å²) in [4.78, 5) is 11.2. The van der Waals surface area contributed by atoms with E-state index in [1.807, 2.05) is 13.8 Å². The van der Waals surface area contributed by atoms with Crippen LogP contribution in [0, 0.1) is 0 Å². The van der Waals surface area contributed by atoms with E-state index in [1.165, 1.54) is 11.3 Å². The maximum atomic E-state index is 11.2. The molecule has 1 heterocycles. The molecule has 1 aromatic rings. The Morgan fingerprint density at radius 3 is 2.50 bits per heavy atom. The summed E-state index contributed by atoms with van der Waals surface area (Å²) in [7, 11) is 0. The van der Waals surface area contributed by atoms with E-state index in [4.69, 9.17) is 5.73 Å². The molecule has 1 rings (SSSR count). The van der Waals surface area contributed by atoms with Crippen LogP contribution < -0.4 is 11.1 Å². The predicted molar refractivity (Wildman–Crippen MR) is 56.3 cm³/mol. The van der Waals surface area contributed by atoms with E-state index in [2.05, 4.69) is 15.5 Å². The van der Waals surface area contributed by atoms with Gasteiger partial charge in [0.1, 0.15) is 5.01 Å². The molecule has 0 unspecified atom stereocenters. The van der Waals surface area contributed by atoms with Gasteiger partial charge in [0, 0.05) is 5.92 Å². The molecule has 0 saturated carbocycles. The van der Waals surface area contributed by atoms with Gasteiger partial charge in [0.05, 0.1) is 6.04 Å². The smallest absolute Gasteiger partial charge is 0.242 e. The van der Waals surface area contributed by atoms with Gasteiger partial charge >= 0.3 is 0 Å². The zero-order valence-electron chi connectivity index (χ0n) is 8.44. The minimum Gasteiger partial charge on any atom is -0.320 e. The molecule has 5 nitrogen and oxygen atoms in total. The third kappa shape index (κ3) is 2.74. The molecular formula is C8H14N4OS. The first-order chi connectivity index (χ1) is 6.50. The summed E-state index contributed by atoms with van der Waals surface area (Å²) >= 11 is 1.38. The van der Waals surface area contributed by atoms with E-state index in [9.17, 15) is 4.79 Å². The van der Waals surface area contributed by atoms with Crippen LogP contribution in [0.2, 0.25) is 0 Å². The van der Waals surface area contributed by atoms with E-state index in [0.29, 0.717) is 11.0 Å². The molecule has 1 aromatic heterocycles. The number of carbonyl (C=O) groups excluding carboxylic acids is 1. The van der Waals surface area contributed by atoms with Crippen LogP contribution in [-0.2, 0) is 4.79 Å². The van der Waals surface area contributed by atoms with Gasteiger partial charge in [-0.3, -0.25) is 10.1 Å². The summed E-state index contributed by atoms with van der Waals surface area (Å²) in [6.07, 6.45) is 0. The molecule has 1 amide bonds. The van der Waals surface area contributed by atoms with Crippen molar-refractivity contribution < 1.29 is 4.79 Å². The van der Waals surface area contributed by atoms with Crippen molar-refractivity contribution in [2.45, 2.75) is 32.7 Å². The second-order valence-electron chi connectivity index (χ2n) is 3.38. The molecule has 0 radical (unpaired) electrons. The molecular weight excluding hydrogens is 200 g/mol. The molecule has 14 heavy (non-hydrogen) atoms. The van der Waals surface area contributed by atoms with Gasteiger partial charge in [0.2, 0.25) is 11.0 Å². The Morgan fingerprint density at radius 1 is 1.43 bits per heavy atom. The molecule has 0 saturated heterocycles. The fraction of sp³-hybridized carbons (Fsp3) is 0.625. The van der Waals surface area contributed by atoms with Gasteiger partial charge in [0.15, 0.2) is 0 Å². The average Bonchev–Trinajstić information content (AvgIpc) is 2.52. The van der Waals surface area contributed by atoms with Crippen molar-refractivity contribution in [1.29, 1.82) is 0 Å². The maximum Gasteiger partial charge on any atom is 0.242 e. The lowest BCUT2D eigenvalue weighted by atomic mass is 10.2. The van der Waals surface area contributed by atoms with Gasteiger partial charge in [-0.1, -0.05) is 25.2 Å². The van der Waals surface area contributed by atoms with Crippen LogP contribution in [0.1, 0.15) is 31.7 Å². The monoisotopic (exact) mass is 214 g/mol. The number of aromatic nitrogens is 2. The van der Waals surface area contributed by atoms with Gasteiger partial charge in [-0.05, 0) is 6.92 Å². The lowest BCUT2D eigenvalue weighted by molar-refractivity contribution is -0.117. The molecule has 0 bridgehead atoms. The fourth-order valence-corrected chi connectivity index (χ4v) is 1.49. The Bertz CT molecular complexity index is 321. The fourth-order valence-electron chi connectivity index (χ4n) is 0.738. The highest BCUT2D eigenvalue weighted by atomic mass is 32.1. The molecule has 0 aliphatic heterocycles. The molecule has 6 heteroatoms. The Kier molecular flexibility index (Phi) is 3.54. The number of anilines is 1. The van der Waals surface area contributed by atoms with Gasteiger partial charge in [-0.25, -0.2) is 0 Å². The number of amides is 1. The summed E-state index contributed by atoms with van der Waals surface area (Å²) in [6.45, 7) is 5.68. The van der Waals surface area contributed by atoms with Crippen LogP contribution in [0.5, 0.6) is 0 Å². The highest BCUT2D eigenvalue weighted by molar-refractivity contribution is 7.15. The Hall–Kier alpha value is -1.01. The first-order valence-electron chi connectivity index (χ1n) is 4.40. The lowest BCUT2D eigenvalue weighted by Gasteiger charge is -2.02. The second-order valence-corrected chi connectivity index (χ2v) is 4.39. The molecule has 0 fully saturated rings. The van der Waals surface area contributed by atoms with Crippen LogP contribution in [-0.4, -0.2) is 22.1 Å². The number of carbonyl (C=O) groups is 1. The average molecular weight is 214 g/mol. The Labute approximate surface area is 86.7 Å². The van der Waals surface area contributed by atoms with Crippen LogP contribution in [0.4, 0.5) is 5.13 Å². The van der Waals surface area contributed by atoms with Crippen molar-refractivity contribution in [2.75, 3.05) is 5.32 Å². The Balaban J connectivity index is 2.64. The van der Waals surface area contributed by atoms with Gasteiger partial charge in [-0.15, -0.1) is 10.2 Å². The van der Waals surface area contributed by atoms with E-state index >= 15 is 0 Å². The van der Waals surface area contributed by atoms with Gasteiger partial charge in [0.25, 0.3) is 0 Å². The predicted octanol–water partition coefficient (Wildman–Crippen LogP) is 0.947. The minimum absolute atomic E-state index is 0.239. The van der Waals surface area contributed by atoms with Crippen LogP contribution in [0.3, 0.4) is 0 Å². The van der Waals surface area contributed by atoms with E-state index in [0.717, 1.165) is 5.01 Å². The van der Waals surface area contributed by atoms with Crippen molar-refractivity contribution in [3.05, 3.63) is 5.01 Å². The van der Waals surface area contributed by atoms with Crippen molar-refractivity contribution in [3.8, 4) is 0 Å². The lowest BCUT2D eigenvalue weighted by Crippen LogP contribution is -2.32. The van der Waals surface area contributed by atoms with Crippen LogP contribution >= 0.6 is 11.3 Å². The second kappa shape index (κ2) is 4.47. The van der Waals surface area contributed by atoms with Crippen molar-refractivity contribution in [2.24, 2.45) is 5.73 Å².